The summed E-state index contributed by atoms with van der Waals surface area (Å²) in [4.78, 5) is 9.51. The summed E-state index contributed by atoms with van der Waals surface area (Å²) in [6, 6.07) is 9.68. The summed E-state index contributed by atoms with van der Waals surface area (Å²) in [5.41, 5.74) is 0. The number of carbonyl (C=O) groups excluding carboxylic acids is 1. The molecule has 1 aromatic carbocycles. The Hall–Kier alpha value is -0.895. The second-order valence-electron chi connectivity index (χ2n) is 2.61. The molecule has 0 unspecified atom stereocenters. The van der Waals surface area contributed by atoms with E-state index in [0.29, 0.717) is 12.7 Å². The van der Waals surface area contributed by atoms with Gasteiger partial charge in [-0.1, -0.05) is 30.9 Å². The van der Waals surface area contributed by atoms with Gasteiger partial charge in [0, 0.05) is 6.42 Å². The van der Waals surface area contributed by atoms with E-state index in [1.807, 2.05) is 30.3 Å². The number of methoxy groups -OCH3 is 1. The second-order valence-corrected chi connectivity index (χ2v) is 2.61. The van der Waals surface area contributed by atoms with Crippen molar-refractivity contribution >= 4 is 26.8 Å². The fourth-order valence-corrected chi connectivity index (χ4v) is 0.758. The van der Waals surface area contributed by atoms with Crippen molar-refractivity contribution in [3.05, 3.63) is 30.3 Å². The first-order chi connectivity index (χ1) is 7.85. The van der Waals surface area contributed by atoms with Gasteiger partial charge in [0.05, 0.1) is 15.0 Å². The maximum Gasteiger partial charge on any atom is 0.119 e. The molecule has 0 heterocycles. The molecule has 4 heteroatoms. The van der Waals surface area contributed by atoms with E-state index in [9.17, 15) is 4.79 Å². The quantitative estimate of drug-likeness (QED) is 0.378. The Labute approximate surface area is 105 Å². The molecule has 0 aromatic heterocycles. The molecule has 0 aliphatic carbocycles. The molecule has 2 radical (unpaired) electrons. The lowest BCUT2D eigenvalue weighted by Crippen LogP contribution is -1.78. The van der Waals surface area contributed by atoms with E-state index in [0.717, 1.165) is 18.5 Å². The molecule has 1 rings (SSSR count). The normalized spacial score (nSPS) is 7.69. The molecule has 1 aromatic rings. The summed E-state index contributed by atoms with van der Waals surface area (Å²) in [5, 5.41) is 0. The van der Waals surface area contributed by atoms with E-state index in [2.05, 4.69) is 12.6 Å². The highest BCUT2D eigenvalue weighted by atomic mass is 32.1. The number of carbonyl (C=O) groups is 1. The van der Waals surface area contributed by atoms with E-state index in [1.165, 1.54) is 0 Å². The molecule has 0 aliphatic rings. The summed E-state index contributed by atoms with van der Waals surface area (Å²) in [6.45, 7) is 0. The van der Waals surface area contributed by atoms with Gasteiger partial charge < -0.3 is 9.53 Å². The minimum Gasteiger partial charge on any atom is -0.497 e. The lowest BCUT2D eigenvalue weighted by Gasteiger charge is -1.93. The Balaban J connectivity index is 0. The topological polar surface area (TPSA) is 26.3 Å². The molecule has 0 atom stereocenters. The van der Waals surface area contributed by atoms with Crippen LogP contribution in [0.3, 0.4) is 0 Å². The lowest BCUT2D eigenvalue weighted by molar-refractivity contribution is -0.107. The highest BCUT2D eigenvalue weighted by molar-refractivity contribution is 7.79. The zero-order chi connectivity index (χ0) is 12.6. The van der Waals surface area contributed by atoms with E-state index < -0.39 is 0 Å². The van der Waals surface area contributed by atoms with Crippen LogP contribution in [-0.2, 0) is 4.79 Å². The third kappa shape index (κ3) is 13.1. The van der Waals surface area contributed by atoms with E-state index in [-0.39, 0.29) is 0 Å². The highest BCUT2D eigenvalue weighted by Crippen LogP contribution is 2.05. The Bertz CT molecular complexity index is 230. The van der Waals surface area contributed by atoms with E-state index in [4.69, 9.17) is 12.6 Å². The van der Waals surface area contributed by atoms with Crippen LogP contribution >= 0.6 is 12.6 Å². The van der Waals surface area contributed by atoms with Crippen molar-refractivity contribution in [1.29, 1.82) is 0 Å². The van der Waals surface area contributed by atoms with Crippen molar-refractivity contribution in [1.82, 2.24) is 0 Å². The van der Waals surface area contributed by atoms with Gasteiger partial charge in [0.2, 0.25) is 0 Å². The molecule has 2 nitrogen and oxygen atoms in total. The largest absolute Gasteiger partial charge is 0.497 e. The summed E-state index contributed by atoms with van der Waals surface area (Å²) >= 11 is 3.53. The summed E-state index contributed by atoms with van der Waals surface area (Å²) < 4.78 is 4.91. The highest BCUT2D eigenvalue weighted by Gasteiger charge is 1.80. The zero-order valence-electron chi connectivity index (χ0n) is 9.93. The number of unbranched alkanes of at least 4 members (excludes halogenated alkanes) is 1. The number of hydrogen-bond acceptors (Lipinski definition) is 3. The number of para-hydroxylation sites is 1. The van der Waals surface area contributed by atoms with Gasteiger partial charge in [-0.3, -0.25) is 0 Å². The average Bonchev–Trinajstić information content (AvgIpc) is 2.40. The standard InChI is InChI=1S/C7H8O.C4H7BO.CH4S/c1-8-7-5-3-2-4-6-7;5-3-1-2-4-6;1-2/h2-6H,1H3;4H,1-3H2;2H,1H3. The number of benzene rings is 1. The molecule has 0 saturated heterocycles. The van der Waals surface area contributed by atoms with E-state index in [1.54, 1.807) is 13.4 Å². The van der Waals surface area contributed by atoms with Crippen LogP contribution in [-0.4, -0.2) is 27.5 Å². The van der Waals surface area contributed by atoms with E-state index >= 15 is 0 Å². The van der Waals surface area contributed by atoms with Gasteiger partial charge in [-0.2, -0.15) is 12.6 Å². The molecule has 0 spiro atoms. The second kappa shape index (κ2) is 16.5. The molecule has 0 fully saturated rings. The average molecular weight is 238 g/mol. The smallest absolute Gasteiger partial charge is 0.119 e. The Morgan fingerprint density at radius 1 is 1.31 bits per heavy atom. The van der Waals surface area contributed by atoms with Gasteiger partial charge in [-0.25, -0.2) is 0 Å². The van der Waals surface area contributed by atoms with Crippen LogP contribution in [0.5, 0.6) is 5.75 Å². The zero-order valence-corrected chi connectivity index (χ0v) is 10.8. The summed E-state index contributed by atoms with van der Waals surface area (Å²) in [5.74, 6) is 0.910. The molecule has 88 valence electrons. The van der Waals surface area contributed by atoms with Crippen LogP contribution in [0.1, 0.15) is 12.8 Å². The fourth-order valence-electron chi connectivity index (χ4n) is 0.758. The van der Waals surface area contributed by atoms with Gasteiger partial charge in [-0.15, -0.1) is 0 Å². The van der Waals surface area contributed by atoms with Gasteiger partial charge in [0.1, 0.15) is 12.0 Å². The molecule has 0 bridgehead atoms. The molecule has 0 amide bonds. The number of aldehydes is 1. The Kier molecular flexibility index (Phi) is 18.1. The first-order valence-corrected chi connectivity index (χ1v) is 5.92. The number of rotatable bonds is 4. The van der Waals surface area contributed by atoms with Crippen molar-refractivity contribution in [3.63, 3.8) is 0 Å². The van der Waals surface area contributed by atoms with Gasteiger partial charge in [0.15, 0.2) is 0 Å². The van der Waals surface area contributed by atoms with Crippen LogP contribution in [0.2, 0.25) is 6.32 Å². The van der Waals surface area contributed by atoms with Gasteiger partial charge in [0.25, 0.3) is 0 Å². The number of ether oxygens (including phenoxy) is 1. The van der Waals surface area contributed by atoms with Crippen molar-refractivity contribution in [3.8, 4) is 5.75 Å². The van der Waals surface area contributed by atoms with Gasteiger partial charge in [-0.05, 0) is 18.4 Å². The molecule has 0 saturated carbocycles. The molecule has 16 heavy (non-hydrogen) atoms. The van der Waals surface area contributed by atoms with Crippen molar-refractivity contribution in [2.24, 2.45) is 0 Å². The summed E-state index contributed by atoms with van der Waals surface area (Å²) in [6.07, 6.45) is 4.63. The third-order valence-corrected chi connectivity index (χ3v) is 1.51. The predicted octanol–water partition coefficient (Wildman–Crippen LogP) is 2.79. The van der Waals surface area contributed by atoms with Crippen LogP contribution in [0, 0.1) is 0 Å². The van der Waals surface area contributed by atoms with Crippen LogP contribution < -0.4 is 4.74 Å². The maximum atomic E-state index is 9.51. The van der Waals surface area contributed by atoms with Crippen LogP contribution in [0.4, 0.5) is 0 Å². The number of hydrogen-bond donors (Lipinski definition) is 1. The minimum absolute atomic E-state index is 0.608. The SMILES string of the molecule is COc1ccccc1.CS.[B]CCCC=O. The van der Waals surface area contributed by atoms with Crippen LogP contribution in [0.25, 0.3) is 0 Å². The molecular formula is C12H19BO2S. The lowest BCUT2D eigenvalue weighted by atomic mass is 10.0. The first-order valence-electron chi connectivity index (χ1n) is 5.02. The maximum absolute atomic E-state index is 9.51. The summed E-state index contributed by atoms with van der Waals surface area (Å²) in [7, 11) is 6.72. The fraction of sp³-hybridized carbons (Fsp3) is 0.417. The van der Waals surface area contributed by atoms with Crippen molar-refractivity contribution in [2.75, 3.05) is 13.4 Å². The molecule has 0 aliphatic heterocycles. The molecular weight excluding hydrogens is 219 g/mol. The number of thiol groups is 1. The Morgan fingerprint density at radius 2 is 1.88 bits per heavy atom. The van der Waals surface area contributed by atoms with Gasteiger partial charge >= 0.3 is 0 Å². The van der Waals surface area contributed by atoms with Crippen LogP contribution in [0.15, 0.2) is 30.3 Å². The third-order valence-electron chi connectivity index (χ3n) is 1.51. The van der Waals surface area contributed by atoms with Crippen molar-refractivity contribution < 1.29 is 9.53 Å². The Morgan fingerprint density at radius 3 is 2.12 bits per heavy atom. The van der Waals surface area contributed by atoms with Crippen molar-refractivity contribution in [2.45, 2.75) is 19.2 Å². The monoisotopic (exact) mass is 238 g/mol. The molecule has 0 N–H and O–H groups in total. The predicted molar refractivity (Wildman–Crippen MR) is 73.8 cm³/mol. The first kappa shape index (κ1) is 17.5. The minimum atomic E-state index is 0.608.